The Bertz CT molecular complexity index is 530. The molecule has 0 spiro atoms. The predicted molar refractivity (Wildman–Crippen MR) is 69.6 cm³/mol. The second kappa shape index (κ2) is 4.97. The summed E-state index contributed by atoms with van der Waals surface area (Å²) in [6.45, 7) is 3.58. The van der Waals surface area contributed by atoms with Crippen molar-refractivity contribution >= 4 is 9.84 Å². The lowest BCUT2D eigenvalue weighted by Crippen LogP contribution is -2.36. The molecule has 3 atom stereocenters. The van der Waals surface area contributed by atoms with Crippen molar-refractivity contribution in [2.24, 2.45) is 0 Å². The fourth-order valence-corrected chi connectivity index (χ4v) is 4.02. The van der Waals surface area contributed by atoms with E-state index in [4.69, 9.17) is 0 Å². The van der Waals surface area contributed by atoms with Crippen molar-refractivity contribution in [3.05, 3.63) is 35.6 Å². The summed E-state index contributed by atoms with van der Waals surface area (Å²) >= 11 is 0. The van der Waals surface area contributed by atoms with Crippen LogP contribution in [-0.2, 0) is 9.84 Å². The van der Waals surface area contributed by atoms with Gasteiger partial charge in [-0.2, -0.15) is 0 Å². The summed E-state index contributed by atoms with van der Waals surface area (Å²) in [6, 6.07) is 5.94. The highest BCUT2D eigenvalue weighted by Crippen LogP contribution is 2.28. The Labute approximate surface area is 107 Å². The first-order valence-corrected chi connectivity index (χ1v) is 7.85. The van der Waals surface area contributed by atoms with E-state index >= 15 is 0 Å². The summed E-state index contributed by atoms with van der Waals surface area (Å²) in [5.74, 6) is -0.195. The van der Waals surface area contributed by atoms with Crippen LogP contribution in [0.25, 0.3) is 0 Å². The summed E-state index contributed by atoms with van der Waals surface area (Å²) in [5.41, 5.74) is 0.433. The van der Waals surface area contributed by atoms with E-state index in [1.807, 2.05) is 6.92 Å². The third kappa shape index (κ3) is 2.57. The zero-order chi connectivity index (χ0) is 13.3. The minimum atomic E-state index is -3.17. The van der Waals surface area contributed by atoms with Gasteiger partial charge in [0.1, 0.15) is 5.82 Å². The first-order valence-electron chi connectivity index (χ1n) is 6.14. The molecule has 2 rings (SSSR count). The SMILES string of the molecule is CC1CCS(=O)(=O)C(C)C(c2ccccc2F)N1. The molecule has 1 aromatic rings. The Morgan fingerprint density at radius 3 is 2.61 bits per heavy atom. The Balaban J connectivity index is 2.44. The van der Waals surface area contributed by atoms with Crippen LogP contribution >= 0.6 is 0 Å². The topological polar surface area (TPSA) is 46.2 Å². The third-order valence-electron chi connectivity index (χ3n) is 3.58. The molecule has 1 saturated heterocycles. The molecule has 0 amide bonds. The van der Waals surface area contributed by atoms with E-state index < -0.39 is 21.1 Å². The van der Waals surface area contributed by atoms with E-state index in [0.29, 0.717) is 12.0 Å². The molecule has 3 unspecified atom stereocenters. The lowest BCUT2D eigenvalue weighted by atomic mass is 10.0. The van der Waals surface area contributed by atoms with Crippen LogP contribution in [-0.4, -0.2) is 25.5 Å². The summed E-state index contributed by atoms with van der Waals surface area (Å²) < 4.78 is 38.0. The number of hydrogen-bond acceptors (Lipinski definition) is 3. The fourth-order valence-electron chi connectivity index (χ4n) is 2.33. The molecule has 3 nitrogen and oxygen atoms in total. The van der Waals surface area contributed by atoms with Crippen LogP contribution in [0.2, 0.25) is 0 Å². The van der Waals surface area contributed by atoms with Crippen molar-refractivity contribution < 1.29 is 12.8 Å². The zero-order valence-electron chi connectivity index (χ0n) is 10.6. The van der Waals surface area contributed by atoms with Gasteiger partial charge in [0.2, 0.25) is 0 Å². The molecule has 0 bridgehead atoms. The van der Waals surface area contributed by atoms with Gasteiger partial charge < -0.3 is 5.32 Å². The van der Waals surface area contributed by atoms with Crippen LogP contribution in [0.5, 0.6) is 0 Å². The molecule has 0 radical (unpaired) electrons. The van der Waals surface area contributed by atoms with Gasteiger partial charge in [0.25, 0.3) is 0 Å². The van der Waals surface area contributed by atoms with Gasteiger partial charge in [-0.1, -0.05) is 18.2 Å². The molecule has 1 aliphatic rings. The van der Waals surface area contributed by atoms with Crippen molar-refractivity contribution in [2.45, 2.75) is 37.6 Å². The molecule has 0 aromatic heterocycles. The fraction of sp³-hybridized carbons (Fsp3) is 0.538. The molecule has 0 saturated carbocycles. The molecule has 1 aromatic carbocycles. The Hall–Kier alpha value is -0.940. The molecule has 1 fully saturated rings. The second-order valence-corrected chi connectivity index (χ2v) is 7.41. The largest absolute Gasteiger partial charge is 0.306 e. The first-order chi connectivity index (χ1) is 8.42. The van der Waals surface area contributed by atoms with Gasteiger partial charge in [0, 0.05) is 11.6 Å². The van der Waals surface area contributed by atoms with E-state index in [1.54, 1.807) is 25.1 Å². The van der Waals surface area contributed by atoms with Crippen molar-refractivity contribution in [1.82, 2.24) is 5.32 Å². The average Bonchev–Trinajstić information content (AvgIpc) is 2.42. The number of hydrogen-bond donors (Lipinski definition) is 1. The smallest absolute Gasteiger partial charge is 0.154 e. The molecule has 1 heterocycles. The molecule has 1 aliphatic heterocycles. The maximum absolute atomic E-state index is 13.8. The Kier molecular flexibility index (Phi) is 3.73. The molecule has 5 heteroatoms. The number of benzene rings is 1. The van der Waals surface area contributed by atoms with Crippen LogP contribution in [0.1, 0.15) is 31.9 Å². The minimum absolute atomic E-state index is 0.0642. The highest BCUT2D eigenvalue weighted by Gasteiger charge is 2.35. The van der Waals surface area contributed by atoms with E-state index in [0.717, 1.165) is 0 Å². The Morgan fingerprint density at radius 1 is 1.28 bits per heavy atom. The van der Waals surface area contributed by atoms with Crippen LogP contribution < -0.4 is 5.32 Å². The minimum Gasteiger partial charge on any atom is -0.306 e. The lowest BCUT2D eigenvalue weighted by molar-refractivity contribution is 0.437. The summed E-state index contributed by atoms with van der Waals surface area (Å²) in [5, 5.41) is 2.61. The molecule has 100 valence electrons. The average molecular weight is 271 g/mol. The molecular weight excluding hydrogens is 253 g/mol. The maximum Gasteiger partial charge on any atom is 0.154 e. The van der Waals surface area contributed by atoms with Crippen LogP contribution in [0.3, 0.4) is 0 Å². The van der Waals surface area contributed by atoms with Crippen LogP contribution in [0, 0.1) is 5.82 Å². The van der Waals surface area contributed by atoms with Gasteiger partial charge in [-0.3, -0.25) is 0 Å². The summed E-state index contributed by atoms with van der Waals surface area (Å²) in [7, 11) is -3.17. The lowest BCUT2D eigenvalue weighted by Gasteiger charge is -2.24. The quantitative estimate of drug-likeness (QED) is 0.850. The van der Waals surface area contributed by atoms with Crippen molar-refractivity contribution in [3.8, 4) is 0 Å². The van der Waals surface area contributed by atoms with Gasteiger partial charge in [-0.25, -0.2) is 12.8 Å². The number of sulfone groups is 1. The molecular formula is C13H18FNO2S. The van der Waals surface area contributed by atoms with Crippen molar-refractivity contribution in [2.75, 3.05) is 5.75 Å². The third-order valence-corrected chi connectivity index (χ3v) is 5.79. The predicted octanol–water partition coefficient (Wildman–Crippen LogP) is 2.05. The first kappa shape index (κ1) is 13.5. The van der Waals surface area contributed by atoms with Gasteiger partial charge >= 0.3 is 0 Å². The van der Waals surface area contributed by atoms with E-state index in [1.165, 1.54) is 6.07 Å². The summed E-state index contributed by atoms with van der Waals surface area (Å²) in [6.07, 6.45) is 0.567. The molecule has 0 aliphatic carbocycles. The van der Waals surface area contributed by atoms with Gasteiger partial charge in [0.05, 0.1) is 17.0 Å². The summed E-state index contributed by atoms with van der Waals surface area (Å²) in [4.78, 5) is 0. The van der Waals surface area contributed by atoms with Crippen molar-refractivity contribution in [3.63, 3.8) is 0 Å². The highest BCUT2D eigenvalue weighted by atomic mass is 32.2. The molecule has 18 heavy (non-hydrogen) atoms. The second-order valence-electron chi connectivity index (χ2n) is 4.93. The van der Waals surface area contributed by atoms with Gasteiger partial charge in [-0.15, -0.1) is 0 Å². The highest BCUT2D eigenvalue weighted by molar-refractivity contribution is 7.92. The monoisotopic (exact) mass is 271 g/mol. The van der Waals surface area contributed by atoms with Gasteiger partial charge in [0.15, 0.2) is 9.84 Å². The van der Waals surface area contributed by atoms with E-state index in [-0.39, 0.29) is 17.6 Å². The molecule has 1 N–H and O–H groups in total. The van der Waals surface area contributed by atoms with E-state index in [2.05, 4.69) is 5.32 Å². The van der Waals surface area contributed by atoms with Crippen LogP contribution in [0.15, 0.2) is 24.3 Å². The normalized spacial score (nSPS) is 31.8. The number of nitrogens with one attached hydrogen (secondary N) is 1. The van der Waals surface area contributed by atoms with Gasteiger partial charge in [-0.05, 0) is 26.3 Å². The maximum atomic E-state index is 13.8. The standard InChI is InChI=1S/C13H18FNO2S/c1-9-7-8-18(16,17)10(2)13(15-9)11-5-3-4-6-12(11)14/h3-6,9-10,13,15H,7-8H2,1-2H3. The van der Waals surface area contributed by atoms with Crippen molar-refractivity contribution in [1.29, 1.82) is 0 Å². The van der Waals surface area contributed by atoms with E-state index in [9.17, 15) is 12.8 Å². The van der Waals surface area contributed by atoms with Crippen LogP contribution in [0.4, 0.5) is 4.39 Å². The number of rotatable bonds is 1. The zero-order valence-corrected chi connectivity index (χ0v) is 11.4. The number of halogens is 1. The Morgan fingerprint density at radius 2 is 1.94 bits per heavy atom.